The van der Waals surface area contributed by atoms with E-state index in [9.17, 15) is 0 Å². The number of rotatable bonds is 1. The van der Waals surface area contributed by atoms with Gasteiger partial charge in [0.25, 0.3) is 0 Å². The predicted molar refractivity (Wildman–Crippen MR) is 50.8 cm³/mol. The second kappa shape index (κ2) is 3.01. The highest BCUT2D eigenvalue weighted by molar-refractivity contribution is 5.24. The van der Waals surface area contributed by atoms with Gasteiger partial charge in [-0.3, -0.25) is 0 Å². The van der Waals surface area contributed by atoms with Gasteiger partial charge >= 0.3 is 0 Å². The van der Waals surface area contributed by atoms with Crippen molar-refractivity contribution in [1.29, 1.82) is 0 Å². The summed E-state index contributed by atoms with van der Waals surface area (Å²) in [6.07, 6.45) is 3.75. The Morgan fingerprint density at radius 3 is 2.62 bits per heavy atom. The van der Waals surface area contributed by atoms with Gasteiger partial charge in [0.05, 0.1) is 5.69 Å². The van der Waals surface area contributed by atoms with Gasteiger partial charge in [0.2, 0.25) is 0 Å². The SMILES string of the molecule is Cc1cn(-c2ccccn2)nc1C. The van der Waals surface area contributed by atoms with E-state index in [4.69, 9.17) is 0 Å². The van der Waals surface area contributed by atoms with Crippen molar-refractivity contribution < 1.29 is 0 Å². The van der Waals surface area contributed by atoms with Gasteiger partial charge < -0.3 is 0 Å². The summed E-state index contributed by atoms with van der Waals surface area (Å²) in [6.45, 7) is 4.04. The minimum absolute atomic E-state index is 0.860. The normalized spacial score (nSPS) is 10.3. The van der Waals surface area contributed by atoms with Crippen LogP contribution in [-0.4, -0.2) is 14.8 Å². The lowest BCUT2D eigenvalue weighted by Crippen LogP contribution is -1.96. The van der Waals surface area contributed by atoms with Crippen LogP contribution in [0.25, 0.3) is 5.82 Å². The topological polar surface area (TPSA) is 30.7 Å². The second-order valence-electron chi connectivity index (χ2n) is 3.03. The third-order valence-electron chi connectivity index (χ3n) is 2.03. The molecule has 0 aliphatic carbocycles. The van der Waals surface area contributed by atoms with Crippen LogP contribution < -0.4 is 0 Å². The Morgan fingerprint density at radius 1 is 1.23 bits per heavy atom. The molecule has 0 spiro atoms. The minimum Gasteiger partial charge on any atom is -0.237 e. The molecule has 0 amide bonds. The van der Waals surface area contributed by atoms with Crippen molar-refractivity contribution in [2.24, 2.45) is 0 Å². The van der Waals surface area contributed by atoms with Crippen LogP contribution in [0.1, 0.15) is 11.3 Å². The molecule has 2 aromatic rings. The van der Waals surface area contributed by atoms with Crippen molar-refractivity contribution in [3.63, 3.8) is 0 Å². The molecule has 3 heteroatoms. The van der Waals surface area contributed by atoms with E-state index < -0.39 is 0 Å². The Kier molecular flexibility index (Phi) is 1.85. The molecule has 2 rings (SSSR count). The molecule has 0 saturated carbocycles. The number of aromatic nitrogens is 3. The smallest absolute Gasteiger partial charge is 0.153 e. The van der Waals surface area contributed by atoms with Crippen molar-refractivity contribution in [1.82, 2.24) is 14.8 Å². The molecule has 0 aliphatic heterocycles. The van der Waals surface area contributed by atoms with Crippen molar-refractivity contribution >= 4 is 0 Å². The maximum Gasteiger partial charge on any atom is 0.153 e. The standard InChI is InChI=1S/C10H11N3/c1-8-7-13(12-9(8)2)10-5-3-4-6-11-10/h3-7H,1-2H3. The molecule has 0 radical (unpaired) electrons. The minimum atomic E-state index is 0.860. The third kappa shape index (κ3) is 1.45. The molecule has 2 aromatic heterocycles. The fraction of sp³-hybridized carbons (Fsp3) is 0.200. The lowest BCUT2D eigenvalue weighted by molar-refractivity contribution is 0.832. The van der Waals surface area contributed by atoms with E-state index in [1.165, 1.54) is 5.56 Å². The highest BCUT2D eigenvalue weighted by atomic mass is 15.3. The Hall–Kier alpha value is -1.64. The van der Waals surface area contributed by atoms with Gasteiger partial charge in [0, 0.05) is 12.4 Å². The van der Waals surface area contributed by atoms with Gasteiger partial charge in [-0.1, -0.05) is 6.07 Å². The Morgan fingerprint density at radius 2 is 2.08 bits per heavy atom. The molecule has 0 aliphatic rings. The fourth-order valence-corrected chi connectivity index (χ4v) is 1.15. The van der Waals surface area contributed by atoms with E-state index in [0.29, 0.717) is 0 Å². The predicted octanol–water partition coefficient (Wildman–Crippen LogP) is 1.88. The second-order valence-corrected chi connectivity index (χ2v) is 3.03. The maximum atomic E-state index is 4.33. The first-order valence-electron chi connectivity index (χ1n) is 4.21. The Labute approximate surface area is 77.0 Å². The largest absolute Gasteiger partial charge is 0.237 e. The first-order valence-corrected chi connectivity index (χ1v) is 4.21. The summed E-state index contributed by atoms with van der Waals surface area (Å²) in [7, 11) is 0. The molecule has 0 bridgehead atoms. The molecule has 13 heavy (non-hydrogen) atoms. The molecule has 0 atom stereocenters. The van der Waals surface area contributed by atoms with Crippen LogP contribution in [-0.2, 0) is 0 Å². The van der Waals surface area contributed by atoms with Gasteiger partial charge in [0.15, 0.2) is 5.82 Å². The molecule has 2 heterocycles. The number of hydrogen-bond acceptors (Lipinski definition) is 2. The summed E-state index contributed by atoms with van der Waals surface area (Å²) >= 11 is 0. The molecule has 0 fully saturated rings. The lowest BCUT2D eigenvalue weighted by Gasteiger charge is -1.97. The van der Waals surface area contributed by atoms with Gasteiger partial charge in [-0.05, 0) is 31.5 Å². The van der Waals surface area contributed by atoms with Crippen LogP contribution in [0.3, 0.4) is 0 Å². The van der Waals surface area contributed by atoms with Gasteiger partial charge in [-0.2, -0.15) is 5.10 Å². The van der Waals surface area contributed by atoms with Gasteiger partial charge in [0.1, 0.15) is 0 Å². The average molecular weight is 173 g/mol. The number of aryl methyl sites for hydroxylation is 2. The molecule has 0 aromatic carbocycles. The summed E-state index contributed by atoms with van der Waals surface area (Å²) in [4.78, 5) is 4.20. The molecular weight excluding hydrogens is 162 g/mol. The Balaban J connectivity index is 2.48. The van der Waals surface area contributed by atoms with Crippen LogP contribution in [0, 0.1) is 13.8 Å². The lowest BCUT2D eigenvalue weighted by atomic mass is 10.3. The van der Waals surface area contributed by atoms with Crippen molar-refractivity contribution in [2.75, 3.05) is 0 Å². The zero-order valence-corrected chi connectivity index (χ0v) is 7.73. The van der Waals surface area contributed by atoms with Crippen LogP contribution in [0.5, 0.6) is 0 Å². The monoisotopic (exact) mass is 173 g/mol. The van der Waals surface area contributed by atoms with E-state index in [1.54, 1.807) is 10.9 Å². The molecule has 0 saturated heterocycles. The zero-order valence-electron chi connectivity index (χ0n) is 7.73. The zero-order chi connectivity index (χ0) is 9.26. The molecule has 0 unspecified atom stereocenters. The highest BCUT2D eigenvalue weighted by Gasteiger charge is 2.01. The highest BCUT2D eigenvalue weighted by Crippen LogP contribution is 2.07. The first-order chi connectivity index (χ1) is 6.27. The van der Waals surface area contributed by atoms with Crippen molar-refractivity contribution in [3.05, 3.63) is 41.9 Å². The van der Waals surface area contributed by atoms with Crippen molar-refractivity contribution in [3.8, 4) is 5.82 Å². The summed E-state index contributed by atoms with van der Waals surface area (Å²) in [5.74, 6) is 0.860. The van der Waals surface area contributed by atoms with Crippen LogP contribution in [0.2, 0.25) is 0 Å². The Bertz CT molecular complexity index is 384. The summed E-state index contributed by atoms with van der Waals surface area (Å²) in [5, 5.41) is 4.33. The first kappa shape index (κ1) is 7.98. The average Bonchev–Trinajstić information content (AvgIpc) is 2.49. The number of hydrogen-bond donors (Lipinski definition) is 0. The molecule has 66 valence electrons. The van der Waals surface area contributed by atoms with E-state index in [-0.39, 0.29) is 0 Å². The summed E-state index contributed by atoms with van der Waals surface area (Å²) < 4.78 is 1.80. The molecular formula is C10H11N3. The van der Waals surface area contributed by atoms with Crippen LogP contribution in [0.4, 0.5) is 0 Å². The third-order valence-corrected chi connectivity index (χ3v) is 2.03. The van der Waals surface area contributed by atoms with Crippen LogP contribution >= 0.6 is 0 Å². The van der Waals surface area contributed by atoms with Crippen molar-refractivity contribution in [2.45, 2.75) is 13.8 Å². The molecule has 3 nitrogen and oxygen atoms in total. The van der Waals surface area contributed by atoms with E-state index in [1.807, 2.05) is 38.2 Å². The maximum absolute atomic E-state index is 4.33. The van der Waals surface area contributed by atoms with E-state index >= 15 is 0 Å². The van der Waals surface area contributed by atoms with Gasteiger partial charge in [-0.25, -0.2) is 9.67 Å². The number of nitrogens with zero attached hydrogens (tertiary/aromatic N) is 3. The fourth-order valence-electron chi connectivity index (χ4n) is 1.15. The van der Waals surface area contributed by atoms with E-state index in [2.05, 4.69) is 10.1 Å². The quantitative estimate of drug-likeness (QED) is 0.659. The van der Waals surface area contributed by atoms with Gasteiger partial charge in [-0.15, -0.1) is 0 Å². The van der Waals surface area contributed by atoms with Crippen LogP contribution in [0.15, 0.2) is 30.6 Å². The molecule has 0 N–H and O–H groups in total. The summed E-state index contributed by atoms with van der Waals surface area (Å²) in [6, 6.07) is 5.78. The summed E-state index contributed by atoms with van der Waals surface area (Å²) in [5.41, 5.74) is 2.23. The van der Waals surface area contributed by atoms with E-state index in [0.717, 1.165) is 11.5 Å². The number of pyridine rings is 1.